The van der Waals surface area contributed by atoms with Gasteiger partial charge in [0.25, 0.3) is 5.91 Å². The van der Waals surface area contributed by atoms with E-state index in [1.165, 1.54) is 6.07 Å². The molecule has 2 amide bonds. The van der Waals surface area contributed by atoms with Crippen molar-refractivity contribution in [3.8, 4) is 0 Å². The molecule has 1 fully saturated rings. The standard InChI is InChI=1S/C14H16F2N2O3/c1-9(14(20)18-4-6-21-7-5-18)17-13(19)10-2-3-11(15)12(16)8-10/h2-3,8-9H,4-7H2,1H3,(H,17,19). The molecule has 114 valence electrons. The summed E-state index contributed by atoms with van der Waals surface area (Å²) in [5, 5.41) is 2.48. The molecule has 2 rings (SSSR count). The van der Waals surface area contributed by atoms with Gasteiger partial charge in [-0.25, -0.2) is 8.78 Å². The fraction of sp³-hybridized carbons (Fsp3) is 0.429. The van der Waals surface area contributed by atoms with Gasteiger partial charge in [-0.1, -0.05) is 0 Å². The predicted molar refractivity (Wildman–Crippen MR) is 70.7 cm³/mol. The zero-order valence-corrected chi connectivity index (χ0v) is 11.6. The van der Waals surface area contributed by atoms with Crippen LogP contribution in [0.5, 0.6) is 0 Å². The maximum atomic E-state index is 13.1. The van der Waals surface area contributed by atoms with E-state index in [0.29, 0.717) is 26.3 Å². The molecule has 0 aliphatic carbocycles. The summed E-state index contributed by atoms with van der Waals surface area (Å²) < 4.78 is 31.0. The van der Waals surface area contributed by atoms with E-state index in [4.69, 9.17) is 4.74 Å². The third kappa shape index (κ3) is 3.75. The van der Waals surface area contributed by atoms with Gasteiger partial charge in [-0.3, -0.25) is 9.59 Å². The third-order valence-electron chi connectivity index (χ3n) is 3.22. The second-order valence-electron chi connectivity index (χ2n) is 4.76. The van der Waals surface area contributed by atoms with Gasteiger partial charge in [0.05, 0.1) is 13.2 Å². The van der Waals surface area contributed by atoms with Crippen LogP contribution in [0.3, 0.4) is 0 Å². The summed E-state index contributed by atoms with van der Waals surface area (Å²) in [4.78, 5) is 25.6. The number of amides is 2. The van der Waals surface area contributed by atoms with Gasteiger partial charge < -0.3 is 15.0 Å². The van der Waals surface area contributed by atoms with Gasteiger partial charge in [0, 0.05) is 18.7 Å². The summed E-state index contributed by atoms with van der Waals surface area (Å²) in [6.07, 6.45) is 0. The van der Waals surface area contributed by atoms with Crippen LogP contribution in [-0.4, -0.2) is 49.1 Å². The van der Waals surface area contributed by atoms with Crippen molar-refractivity contribution < 1.29 is 23.1 Å². The largest absolute Gasteiger partial charge is 0.378 e. The van der Waals surface area contributed by atoms with Crippen molar-refractivity contribution in [2.24, 2.45) is 0 Å². The minimum atomic E-state index is -1.10. The average molecular weight is 298 g/mol. The molecule has 0 spiro atoms. The highest BCUT2D eigenvalue weighted by Crippen LogP contribution is 2.09. The Morgan fingerprint density at radius 1 is 1.24 bits per heavy atom. The quantitative estimate of drug-likeness (QED) is 0.903. The van der Waals surface area contributed by atoms with Crippen LogP contribution in [0.1, 0.15) is 17.3 Å². The van der Waals surface area contributed by atoms with Gasteiger partial charge in [-0.05, 0) is 25.1 Å². The zero-order valence-electron chi connectivity index (χ0n) is 11.6. The van der Waals surface area contributed by atoms with Crippen LogP contribution in [0.15, 0.2) is 18.2 Å². The lowest BCUT2D eigenvalue weighted by Crippen LogP contribution is -2.50. The van der Waals surface area contributed by atoms with E-state index in [2.05, 4.69) is 5.32 Å². The Kier molecular flexibility index (Phi) is 4.85. The van der Waals surface area contributed by atoms with Gasteiger partial charge in [-0.15, -0.1) is 0 Å². The number of rotatable bonds is 3. The second kappa shape index (κ2) is 6.62. The molecule has 0 radical (unpaired) electrons. The number of hydrogen-bond acceptors (Lipinski definition) is 3. The minimum absolute atomic E-state index is 0.0319. The van der Waals surface area contributed by atoms with Gasteiger partial charge >= 0.3 is 0 Å². The van der Waals surface area contributed by atoms with Crippen molar-refractivity contribution in [3.05, 3.63) is 35.4 Å². The second-order valence-corrected chi connectivity index (χ2v) is 4.76. The number of carbonyl (C=O) groups is 2. The Balaban J connectivity index is 1.97. The van der Waals surface area contributed by atoms with Crippen LogP contribution in [0.25, 0.3) is 0 Å². The average Bonchev–Trinajstić information content (AvgIpc) is 2.50. The highest BCUT2D eigenvalue weighted by molar-refractivity contribution is 5.97. The van der Waals surface area contributed by atoms with Crippen LogP contribution in [0.4, 0.5) is 8.78 Å². The van der Waals surface area contributed by atoms with Gasteiger partial charge in [0.1, 0.15) is 6.04 Å². The fourth-order valence-corrected chi connectivity index (χ4v) is 2.04. The number of ether oxygens (including phenoxy) is 1. The first-order chi connectivity index (χ1) is 9.99. The Hall–Kier alpha value is -2.02. The molecule has 0 aromatic heterocycles. The molecule has 1 aromatic carbocycles. The van der Waals surface area contributed by atoms with E-state index in [-0.39, 0.29) is 11.5 Å². The van der Waals surface area contributed by atoms with Crippen molar-refractivity contribution in [3.63, 3.8) is 0 Å². The van der Waals surface area contributed by atoms with Crippen molar-refractivity contribution in [2.45, 2.75) is 13.0 Å². The molecular weight excluding hydrogens is 282 g/mol. The lowest BCUT2D eigenvalue weighted by molar-refractivity contribution is -0.136. The Morgan fingerprint density at radius 2 is 1.90 bits per heavy atom. The number of nitrogens with one attached hydrogen (secondary N) is 1. The molecule has 1 saturated heterocycles. The molecule has 7 heteroatoms. The molecule has 0 saturated carbocycles. The molecular formula is C14H16F2N2O3. The summed E-state index contributed by atoms with van der Waals surface area (Å²) in [7, 11) is 0. The molecule has 1 aliphatic rings. The molecule has 1 unspecified atom stereocenters. The monoisotopic (exact) mass is 298 g/mol. The van der Waals surface area contributed by atoms with E-state index in [9.17, 15) is 18.4 Å². The van der Waals surface area contributed by atoms with Crippen LogP contribution in [-0.2, 0) is 9.53 Å². The van der Waals surface area contributed by atoms with E-state index in [1.54, 1.807) is 11.8 Å². The summed E-state index contributed by atoms with van der Waals surface area (Å²) >= 11 is 0. The maximum absolute atomic E-state index is 13.1. The van der Waals surface area contributed by atoms with Crippen molar-refractivity contribution >= 4 is 11.8 Å². The minimum Gasteiger partial charge on any atom is -0.378 e. The van der Waals surface area contributed by atoms with Gasteiger partial charge in [0.15, 0.2) is 11.6 Å². The van der Waals surface area contributed by atoms with Crippen LogP contribution in [0, 0.1) is 11.6 Å². The first-order valence-corrected chi connectivity index (χ1v) is 6.61. The van der Waals surface area contributed by atoms with Crippen molar-refractivity contribution in [1.29, 1.82) is 0 Å². The number of morpholine rings is 1. The van der Waals surface area contributed by atoms with E-state index < -0.39 is 23.6 Å². The third-order valence-corrected chi connectivity index (χ3v) is 3.22. The summed E-state index contributed by atoms with van der Waals surface area (Å²) in [5.74, 6) is -2.98. The Morgan fingerprint density at radius 3 is 2.52 bits per heavy atom. The molecule has 1 aromatic rings. The molecule has 1 atom stereocenters. The maximum Gasteiger partial charge on any atom is 0.252 e. The van der Waals surface area contributed by atoms with E-state index in [0.717, 1.165) is 12.1 Å². The summed E-state index contributed by atoms with van der Waals surface area (Å²) in [6, 6.07) is 2.10. The number of halogens is 2. The Bertz CT molecular complexity index is 545. The lowest BCUT2D eigenvalue weighted by atomic mass is 10.2. The topological polar surface area (TPSA) is 58.6 Å². The van der Waals surface area contributed by atoms with Crippen LogP contribution >= 0.6 is 0 Å². The number of hydrogen-bond donors (Lipinski definition) is 1. The van der Waals surface area contributed by atoms with E-state index >= 15 is 0 Å². The summed E-state index contributed by atoms with van der Waals surface area (Å²) in [5.41, 5.74) is -0.0319. The van der Waals surface area contributed by atoms with Crippen molar-refractivity contribution in [1.82, 2.24) is 10.2 Å². The molecule has 1 aliphatic heterocycles. The lowest BCUT2D eigenvalue weighted by Gasteiger charge is -2.29. The molecule has 5 nitrogen and oxygen atoms in total. The smallest absolute Gasteiger partial charge is 0.252 e. The molecule has 1 N–H and O–H groups in total. The highest BCUT2D eigenvalue weighted by Gasteiger charge is 2.24. The van der Waals surface area contributed by atoms with Crippen molar-refractivity contribution in [2.75, 3.05) is 26.3 Å². The first-order valence-electron chi connectivity index (χ1n) is 6.61. The predicted octanol–water partition coefficient (Wildman–Crippen LogP) is 0.942. The van der Waals surface area contributed by atoms with Crippen LogP contribution < -0.4 is 5.32 Å². The fourth-order valence-electron chi connectivity index (χ4n) is 2.04. The number of nitrogens with zero attached hydrogens (tertiary/aromatic N) is 1. The molecule has 1 heterocycles. The van der Waals surface area contributed by atoms with Gasteiger partial charge in [0.2, 0.25) is 5.91 Å². The number of carbonyl (C=O) groups excluding carboxylic acids is 2. The molecule has 0 bridgehead atoms. The van der Waals surface area contributed by atoms with Crippen LogP contribution in [0.2, 0.25) is 0 Å². The first kappa shape index (κ1) is 15.4. The van der Waals surface area contributed by atoms with Gasteiger partial charge in [-0.2, -0.15) is 0 Å². The summed E-state index contributed by atoms with van der Waals surface area (Å²) in [6.45, 7) is 3.44. The molecule has 21 heavy (non-hydrogen) atoms. The SMILES string of the molecule is CC(NC(=O)c1ccc(F)c(F)c1)C(=O)N1CCOCC1. The zero-order chi connectivity index (χ0) is 15.4. The van der Waals surface area contributed by atoms with E-state index in [1.807, 2.05) is 0 Å². The normalized spacial score (nSPS) is 16.4. The number of benzene rings is 1. The Labute approximate surface area is 120 Å². The highest BCUT2D eigenvalue weighted by atomic mass is 19.2.